The van der Waals surface area contributed by atoms with Crippen LogP contribution in [0, 0.1) is 11.8 Å². The highest BCUT2D eigenvalue weighted by atomic mass is 35.5. The average molecular weight is 771 g/mol. The van der Waals surface area contributed by atoms with Crippen LogP contribution >= 0.6 is 11.6 Å². The van der Waals surface area contributed by atoms with Crippen LogP contribution in [0.15, 0.2) is 131 Å². The number of Topliss-reactive ketones (excluding diaryl/α,β-unsaturated/α-hetero) is 1. The monoisotopic (exact) mass is 770 g/mol. The maximum atomic E-state index is 14.4. The number of anilines is 1. The maximum Gasteiger partial charge on any atom is 0.266 e. The van der Waals surface area contributed by atoms with E-state index < -0.39 is 17.4 Å². The van der Waals surface area contributed by atoms with Crippen LogP contribution in [-0.4, -0.2) is 60.4 Å². The Kier molecular flexibility index (Phi) is 7.17. The Morgan fingerprint density at radius 2 is 1.56 bits per heavy atom. The quantitative estimate of drug-likeness (QED) is 0.179. The molecule has 3 fully saturated rings. The van der Waals surface area contributed by atoms with Gasteiger partial charge in [0.2, 0.25) is 17.6 Å². The van der Waals surface area contributed by atoms with Gasteiger partial charge < -0.3 is 10.1 Å². The van der Waals surface area contributed by atoms with Crippen LogP contribution in [0.1, 0.15) is 40.2 Å². The predicted octanol–water partition coefficient (Wildman–Crippen LogP) is 7.07. The molecular formula is C45H31ClN6O5. The van der Waals surface area contributed by atoms with Crippen LogP contribution in [0.2, 0.25) is 5.02 Å². The summed E-state index contributed by atoms with van der Waals surface area (Å²) in [6.45, 7) is 0.729. The summed E-state index contributed by atoms with van der Waals surface area (Å²) in [5.41, 5.74) is 4.27. The van der Waals surface area contributed by atoms with Gasteiger partial charge in [-0.15, -0.1) is 0 Å². The fourth-order valence-electron chi connectivity index (χ4n) is 10.1. The summed E-state index contributed by atoms with van der Waals surface area (Å²) in [7, 11) is 0. The number of halogens is 1. The number of amides is 2. The van der Waals surface area contributed by atoms with Crippen molar-refractivity contribution in [2.24, 2.45) is 16.8 Å². The lowest BCUT2D eigenvalue weighted by Gasteiger charge is -2.38. The molecule has 0 aliphatic carbocycles. The number of benzene rings is 5. The molecule has 0 radical (unpaired) electrons. The van der Waals surface area contributed by atoms with Crippen LogP contribution in [0.3, 0.4) is 0 Å². The van der Waals surface area contributed by atoms with Crippen LogP contribution in [-0.2, 0) is 15.1 Å². The Hall–Kier alpha value is -6.69. The molecule has 7 aromatic rings. The van der Waals surface area contributed by atoms with Gasteiger partial charge in [-0.2, -0.15) is 0 Å². The lowest BCUT2D eigenvalue weighted by atomic mass is 9.75. The van der Waals surface area contributed by atoms with Gasteiger partial charge in [0.15, 0.2) is 5.88 Å². The molecule has 278 valence electrons. The molecule has 7 heterocycles. The number of ketones is 1. The highest BCUT2D eigenvalue weighted by molar-refractivity contribution is 6.56. The minimum Gasteiger partial charge on any atom is -0.494 e. The van der Waals surface area contributed by atoms with E-state index in [2.05, 4.69) is 14.9 Å². The summed E-state index contributed by atoms with van der Waals surface area (Å²) in [5.74, 6) is -1.34. The first-order valence-electron chi connectivity index (χ1n) is 18.8. The number of aliphatic imine (C=N–C) groups is 1. The van der Waals surface area contributed by atoms with Gasteiger partial charge in [0, 0.05) is 33.1 Å². The molecule has 0 saturated carbocycles. The third-order valence-corrected chi connectivity index (χ3v) is 12.5. The van der Waals surface area contributed by atoms with Gasteiger partial charge in [0.05, 0.1) is 45.4 Å². The molecule has 2 aromatic heterocycles. The molecule has 4 atom stereocenters. The summed E-state index contributed by atoms with van der Waals surface area (Å²) >= 11 is 6.25. The topological polar surface area (TPSA) is 141 Å². The molecule has 5 aromatic carbocycles. The summed E-state index contributed by atoms with van der Waals surface area (Å²) in [6, 6.07) is 36.5. The number of para-hydroxylation sites is 4. The number of carbonyl (C=O) groups is 3. The van der Waals surface area contributed by atoms with Crippen molar-refractivity contribution in [1.29, 1.82) is 0 Å². The van der Waals surface area contributed by atoms with Crippen LogP contribution in [0.25, 0.3) is 27.5 Å². The first-order valence-corrected chi connectivity index (χ1v) is 19.2. The van der Waals surface area contributed by atoms with E-state index in [1.54, 1.807) is 47.0 Å². The normalized spacial score (nSPS) is 22.8. The second kappa shape index (κ2) is 12.2. The van der Waals surface area contributed by atoms with E-state index >= 15 is 0 Å². The number of rotatable bonds is 2. The average Bonchev–Trinajstić information content (AvgIpc) is 4.05. The molecular weight excluding hydrogens is 740 g/mol. The number of fused-ring (bicyclic) bond motifs is 13. The first-order chi connectivity index (χ1) is 27.8. The Balaban J connectivity index is 0.000000158. The van der Waals surface area contributed by atoms with Gasteiger partial charge >= 0.3 is 0 Å². The van der Waals surface area contributed by atoms with Gasteiger partial charge in [-0.3, -0.25) is 28.6 Å². The molecule has 5 aliphatic rings. The van der Waals surface area contributed by atoms with Gasteiger partial charge in [-0.1, -0.05) is 78.3 Å². The first kappa shape index (κ1) is 33.6. The van der Waals surface area contributed by atoms with E-state index in [-0.39, 0.29) is 35.1 Å². The van der Waals surface area contributed by atoms with Crippen LogP contribution < -0.4 is 10.5 Å². The standard InChI is InChI=1S/C29H21ClN4O3.C16H10N2O2/c30-16-7-5-8-17(15-16)33-26(36)23-22-13-6-14-32(22)29(24(23)27(33)37)19-10-2-4-12-21(19)34-25(35)18-9-1-3-11-20(18)31-28(29)34;19-15-10-6-2-4-8-12(10)17-14(15)13-9-5-1-3-7-11(9)18-16(13)20/h1-5,7-12,15,22-24H,6,13-14H2;1-8,18,20H/t22?,23-,24+,29?;/m0./s1. The van der Waals surface area contributed by atoms with E-state index in [1.165, 1.54) is 4.90 Å². The molecule has 3 saturated heterocycles. The van der Waals surface area contributed by atoms with Crippen molar-refractivity contribution < 1.29 is 19.5 Å². The molecule has 57 heavy (non-hydrogen) atoms. The zero-order chi connectivity index (χ0) is 38.7. The molecule has 1 spiro atoms. The predicted molar refractivity (Wildman–Crippen MR) is 216 cm³/mol. The summed E-state index contributed by atoms with van der Waals surface area (Å²) in [6.07, 6.45) is 1.72. The van der Waals surface area contributed by atoms with E-state index in [9.17, 15) is 24.3 Å². The zero-order valence-corrected chi connectivity index (χ0v) is 30.9. The fraction of sp³-hybridized carbons (Fsp3) is 0.156. The van der Waals surface area contributed by atoms with Crippen molar-refractivity contribution in [3.8, 4) is 11.6 Å². The Labute approximate surface area is 329 Å². The van der Waals surface area contributed by atoms with Gasteiger partial charge in [0.25, 0.3) is 5.56 Å². The second-order valence-corrected chi connectivity index (χ2v) is 15.4. The summed E-state index contributed by atoms with van der Waals surface area (Å²) in [5, 5.41) is 11.9. The maximum absolute atomic E-state index is 14.4. The van der Waals surface area contributed by atoms with Gasteiger partial charge in [-0.25, -0.2) is 14.9 Å². The smallest absolute Gasteiger partial charge is 0.266 e. The van der Waals surface area contributed by atoms with Crippen molar-refractivity contribution in [2.75, 3.05) is 11.4 Å². The van der Waals surface area contributed by atoms with E-state index in [0.717, 1.165) is 41.5 Å². The van der Waals surface area contributed by atoms with Crippen molar-refractivity contribution in [3.05, 3.63) is 159 Å². The molecule has 5 aliphatic heterocycles. The van der Waals surface area contributed by atoms with E-state index in [1.807, 2.05) is 78.9 Å². The summed E-state index contributed by atoms with van der Waals surface area (Å²) < 4.78 is 1.68. The number of hydrogen-bond acceptors (Lipinski definition) is 8. The van der Waals surface area contributed by atoms with Gasteiger partial charge in [-0.05, 0) is 74.0 Å². The number of hydrogen-bond donors (Lipinski definition) is 2. The molecule has 2 unspecified atom stereocenters. The molecule has 12 heteroatoms. The van der Waals surface area contributed by atoms with Crippen molar-refractivity contribution in [1.82, 2.24) is 19.4 Å². The number of aromatic hydroxyl groups is 1. The lowest BCUT2D eigenvalue weighted by molar-refractivity contribution is -0.124. The highest BCUT2D eigenvalue weighted by Crippen LogP contribution is 2.62. The number of aromatic amines is 1. The Morgan fingerprint density at radius 3 is 2.40 bits per heavy atom. The number of carbonyl (C=O) groups excluding carboxylic acids is 3. The van der Waals surface area contributed by atoms with Crippen LogP contribution in [0.5, 0.6) is 5.88 Å². The minimum absolute atomic E-state index is 0.0221. The largest absolute Gasteiger partial charge is 0.494 e. The van der Waals surface area contributed by atoms with E-state index in [0.29, 0.717) is 50.0 Å². The van der Waals surface area contributed by atoms with Crippen LogP contribution in [0.4, 0.5) is 11.4 Å². The van der Waals surface area contributed by atoms with Crippen molar-refractivity contribution >= 4 is 68.1 Å². The molecule has 0 bridgehead atoms. The SMILES string of the molecule is O=C1C(c2c(O)[nH]c3ccccc23)=Nc2ccccc21.O=C1[C@H]2C3CCCN3C3(c4ccccc4-n4c3nc3ccccc3c4=O)[C@H]2C(=O)N1c1cccc(Cl)c1. The number of imide groups is 1. The van der Waals surface area contributed by atoms with Gasteiger partial charge in [0.1, 0.15) is 17.1 Å². The fourth-order valence-corrected chi connectivity index (χ4v) is 10.3. The summed E-state index contributed by atoms with van der Waals surface area (Å²) in [4.78, 5) is 70.7. The van der Waals surface area contributed by atoms with Crippen molar-refractivity contribution in [2.45, 2.75) is 24.4 Å². The molecule has 2 N–H and O–H groups in total. The van der Waals surface area contributed by atoms with Crippen molar-refractivity contribution in [3.63, 3.8) is 0 Å². The Bertz CT molecular complexity index is 3030. The number of nitrogens with one attached hydrogen (secondary N) is 1. The number of aromatic nitrogens is 3. The highest BCUT2D eigenvalue weighted by Gasteiger charge is 2.73. The molecule has 2 amide bonds. The molecule has 11 nitrogen and oxygen atoms in total. The molecule has 12 rings (SSSR count). The lowest BCUT2D eigenvalue weighted by Crippen LogP contribution is -2.51. The Morgan fingerprint density at radius 1 is 0.807 bits per heavy atom. The zero-order valence-electron chi connectivity index (χ0n) is 30.1. The van der Waals surface area contributed by atoms with E-state index in [4.69, 9.17) is 16.6 Å². The third kappa shape index (κ3) is 4.46. The minimum atomic E-state index is -1.01. The number of H-pyrrole nitrogens is 1. The number of nitrogens with zero attached hydrogens (tertiary/aromatic N) is 5. The second-order valence-electron chi connectivity index (χ2n) is 15.0. The third-order valence-electron chi connectivity index (χ3n) is 12.2.